The molecule has 1 aromatic carbocycles. The van der Waals surface area contributed by atoms with Gasteiger partial charge in [0.15, 0.2) is 0 Å². The number of fused-ring (bicyclic) bond motifs is 2. The highest BCUT2D eigenvalue weighted by molar-refractivity contribution is 6.27. The van der Waals surface area contributed by atoms with E-state index < -0.39 is 0 Å². The van der Waals surface area contributed by atoms with Crippen molar-refractivity contribution in [2.45, 2.75) is 65.1 Å². The largest absolute Gasteiger partial charge is 0.333 e. The van der Waals surface area contributed by atoms with Crippen LogP contribution in [-0.4, -0.2) is 37.5 Å². The Morgan fingerprint density at radius 3 is 2.92 bits per heavy atom. The van der Waals surface area contributed by atoms with E-state index in [1.54, 1.807) is 0 Å². The molecule has 0 radical (unpaired) electrons. The molecule has 1 aliphatic heterocycles. The van der Waals surface area contributed by atoms with Crippen molar-refractivity contribution in [3.8, 4) is 0 Å². The minimum atomic E-state index is 0.00370. The van der Waals surface area contributed by atoms with Crippen molar-refractivity contribution in [3.63, 3.8) is 0 Å². The molecule has 1 unspecified atom stereocenters. The van der Waals surface area contributed by atoms with Crippen molar-refractivity contribution < 1.29 is 4.79 Å². The molecule has 0 saturated heterocycles. The Hall–Kier alpha value is -1.88. The summed E-state index contributed by atoms with van der Waals surface area (Å²) in [5.74, 6) is 1.96. The highest BCUT2D eigenvalue weighted by Crippen LogP contribution is 2.28. The van der Waals surface area contributed by atoms with E-state index in [0.717, 1.165) is 37.5 Å². The molecular weight excluding hydrogens is 348 g/mol. The number of hydrogen-bond acceptors (Lipinski definition) is 3. The summed E-state index contributed by atoms with van der Waals surface area (Å²) in [5.41, 5.74) is 5.53. The van der Waals surface area contributed by atoms with Gasteiger partial charge < -0.3 is 9.47 Å². The second-order valence-electron chi connectivity index (χ2n) is 7.53. The molecular formula is C20H25ClN4O. The molecule has 1 aliphatic carbocycles. The molecule has 1 aromatic heterocycles. The maximum absolute atomic E-state index is 12.6. The first-order valence-electron chi connectivity index (χ1n) is 9.42. The molecule has 2 aromatic rings. The minimum Gasteiger partial charge on any atom is -0.333 e. The third-order valence-corrected chi connectivity index (χ3v) is 6.06. The number of benzene rings is 1. The molecule has 0 N–H and O–H groups in total. The number of alkyl halides is 1. The molecule has 26 heavy (non-hydrogen) atoms. The van der Waals surface area contributed by atoms with Gasteiger partial charge in [0.25, 0.3) is 0 Å². The van der Waals surface area contributed by atoms with Gasteiger partial charge in [-0.25, -0.2) is 0 Å². The van der Waals surface area contributed by atoms with Crippen LogP contribution in [0.25, 0.3) is 0 Å². The number of carbonyl (C=O) groups excluding carboxylic acids is 1. The number of rotatable bonds is 4. The fourth-order valence-corrected chi connectivity index (χ4v) is 4.65. The zero-order chi connectivity index (χ0) is 18.3. The van der Waals surface area contributed by atoms with Crippen molar-refractivity contribution in [1.82, 2.24) is 19.7 Å². The molecule has 6 heteroatoms. The van der Waals surface area contributed by atoms with E-state index in [4.69, 9.17) is 11.6 Å². The molecule has 1 amide bonds. The summed E-state index contributed by atoms with van der Waals surface area (Å²) in [4.78, 5) is 14.6. The van der Waals surface area contributed by atoms with Gasteiger partial charge in [0.1, 0.15) is 17.5 Å². The Kier molecular flexibility index (Phi) is 4.74. The maximum Gasteiger partial charge on any atom is 0.238 e. The fourth-order valence-electron chi connectivity index (χ4n) is 4.49. The molecule has 1 atom stereocenters. The maximum atomic E-state index is 12.6. The molecule has 0 saturated carbocycles. The van der Waals surface area contributed by atoms with Crippen molar-refractivity contribution in [3.05, 3.63) is 46.0 Å². The van der Waals surface area contributed by atoms with E-state index in [9.17, 15) is 4.79 Å². The van der Waals surface area contributed by atoms with Gasteiger partial charge in [0, 0.05) is 19.5 Å². The molecule has 5 nitrogen and oxygen atoms in total. The topological polar surface area (TPSA) is 51.0 Å². The number of halogens is 1. The number of aromatic nitrogens is 3. The predicted molar refractivity (Wildman–Crippen MR) is 101 cm³/mol. The molecule has 2 aliphatic rings. The van der Waals surface area contributed by atoms with E-state index in [0.29, 0.717) is 6.54 Å². The first-order valence-corrected chi connectivity index (χ1v) is 9.95. The van der Waals surface area contributed by atoms with Gasteiger partial charge in [-0.2, -0.15) is 0 Å². The third-order valence-electron chi connectivity index (χ3n) is 5.83. The summed E-state index contributed by atoms with van der Waals surface area (Å²) in [6.07, 6.45) is 5.33. The first kappa shape index (κ1) is 17.5. The smallest absolute Gasteiger partial charge is 0.238 e. The second-order valence-corrected chi connectivity index (χ2v) is 7.79. The van der Waals surface area contributed by atoms with E-state index in [-0.39, 0.29) is 17.8 Å². The van der Waals surface area contributed by atoms with Gasteiger partial charge >= 0.3 is 0 Å². The molecule has 4 rings (SSSR count). The van der Waals surface area contributed by atoms with Gasteiger partial charge in [-0.15, -0.1) is 21.8 Å². The Morgan fingerprint density at radius 2 is 2.12 bits per heavy atom. The lowest BCUT2D eigenvalue weighted by atomic mass is 9.99. The number of aryl methyl sites for hydroxylation is 4. The average Bonchev–Trinajstić information content (AvgIpc) is 3.26. The van der Waals surface area contributed by atoms with Crippen molar-refractivity contribution in [2.24, 2.45) is 0 Å². The summed E-state index contributed by atoms with van der Waals surface area (Å²) in [5, 5.41) is 8.41. The van der Waals surface area contributed by atoms with Crippen LogP contribution in [0.4, 0.5) is 0 Å². The minimum absolute atomic E-state index is 0.00370. The first-order chi connectivity index (χ1) is 12.6. The van der Waals surface area contributed by atoms with Crippen LogP contribution in [0.15, 0.2) is 12.1 Å². The summed E-state index contributed by atoms with van der Waals surface area (Å²) in [6, 6.07) is 4.68. The van der Waals surface area contributed by atoms with Crippen LogP contribution in [0.1, 0.15) is 46.7 Å². The van der Waals surface area contributed by atoms with E-state index in [1.807, 2.05) is 11.8 Å². The monoisotopic (exact) mass is 372 g/mol. The Labute approximate surface area is 159 Å². The highest BCUT2D eigenvalue weighted by Gasteiger charge is 2.29. The number of carbonyl (C=O) groups is 1. The average molecular weight is 373 g/mol. The van der Waals surface area contributed by atoms with Crippen molar-refractivity contribution in [2.75, 3.05) is 5.88 Å². The van der Waals surface area contributed by atoms with Crippen LogP contribution >= 0.6 is 11.6 Å². The van der Waals surface area contributed by atoms with Crippen LogP contribution in [0.2, 0.25) is 0 Å². The molecule has 0 fully saturated rings. The quantitative estimate of drug-likeness (QED) is 0.775. The zero-order valence-corrected chi connectivity index (χ0v) is 16.2. The number of nitrogens with zero attached hydrogens (tertiary/aromatic N) is 4. The second kappa shape index (κ2) is 7.03. The molecule has 2 heterocycles. The van der Waals surface area contributed by atoms with Gasteiger partial charge in [0.05, 0.1) is 6.04 Å². The Morgan fingerprint density at radius 1 is 1.27 bits per heavy atom. The Bertz CT molecular complexity index is 845. The van der Waals surface area contributed by atoms with Crippen LogP contribution in [-0.2, 0) is 37.1 Å². The van der Waals surface area contributed by atoms with E-state index in [1.165, 1.54) is 35.1 Å². The summed E-state index contributed by atoms with van der Waals surface area (Å²) in [6.45, 7) is 5.53. The lowest BCUT2D eigenvalue weighted by molar-refractivity contribution is -0.132. The normalized spacial score (nSPS) is 18.5. The predicted octanol–water partition coefficient (Wildman–Crippen LogP) is 2.97. The summed E-state index contributed by atoms with van der Waals surface area (Å²) in [7, 11) is 0. The molecule has 138 valence electrons. The standard InChI is InChI=1S/C20H25ClN4O/c1-13-8-15(9-16-4-3-5-18(13)16)11-25(20(26)10-21)17-6-7-19-23-22-14(2)24(19)12-17/h8-9,17H,3-7,10-12H2,1-2H3. The zero-order valence-electron chi connectivity index (χ0n) is 15.5. The van der Waals surface area contributed by atoms with E-state index in [2.05, 4.69) is 33.8 Å². The summed E-state index contributed by atoms with van der Waals surface area (Å²) < 4.78 is 2.14. The SMILES string of the molecule is Cc1cc(CN(C(=O)CCl)C2CCc3nnc(C)n3C2)cc2c1CCC2. The van der Waals surface area contributed by atoms with Crippen LogP contribution in [0.5, 0.6) is 0 Å². The lowest BCUT2D eigenvalue weighted by Crippen LogP contribution is -2.45. The van der Waals surface area contributed by atoms with Crippen molar-refractivity contribution >= 4 is 17.5 Å². The van der Waals surface area contributed by atoms with Gasteiger partial charge in [0.2, 0.25) is 5.91 Å². The highest BCUT2D eigenvalue weighted by atomic mass is 35.5. The lowest BCUT2D eigenvalue weighted by Gasteiger charge is -2.35. The van der Waals surface area contributed by atoms with Crippen LogP contribution in [0.3, 0.4) is 0 Å². The fraction of sp³-hybridized carbons (Fsp3) is 0.550. The third kappa shape index (κ3) is 3.13. The van der Waals surface area contributed by atoms with Gasteiger partial charge in [-0.05, 0) is 61.8 Å². The number of hydrogen-bond donors (Lipinski definition) is 0. The van der Waals surface area contributed by atoms with Crippen molar-refractivity contribution in [1.29, 1.82) is 0 Å². The molecule has 0 spiro atoms. The van der Waals surface area contributed by atoms with E-state index >= 15 is 0 Å². The van der Waals surface area contributed by atoms with Crippen LogP contribution < -0.4 is 0 Å². The van der Waals surface area contributed by atoms with Gasteiger partial charge in [-0.1, -0.05) is 12.1 Å². The van der Waals surface area contributed by atoms with Gasteiger partial charge in [-0.3, -0.25) is 4.79 Å². The summed E-state index contributed by atoms with van der Waals surface area (Å²) >= 11 is 5.94. The number of amides is 1. The Balaban J connectivity index is 1.60. The van der Waals surface area contributed by atoms with Crippen LogP contribution in [0, 0.1) is 13.8 Å². The molecule has 0 bridgehead atoms.